The van der Waals surface area contributed by atoms with Gasteiger partial charge in [0.1, 0.15) is 24.2 Å². The molecule has 2 N–H and O–H groups in total. The number of benzene rings is 1. The number of carboxylic acid groups (broad SMARTS) is 1. The standard InChI is InChI=1S/C32H33F3N8O7/c1-31(2,3)50-30(48)42(18-32(33,34)35)24-15-20(9-10-36-24)27-38-23(17-49-27)26(44)37-22-16-43(21-7-5-19(6-8-21)29(46)47)39-25(22)28(45)41-13-11-40(4)12-14-41/h5-10,15-17H,11-14,18H2,1-4H3,(H,37,44)(H,46,47). The SMILES string of the molecule is CN1CCN(C(=O)c2nn(-c3ccc(C(=O)O)cc3)cc2NC(=O)c2coc(-c3ccnc(N(CC(F)(F)F)C(=O)OC(C)(C)C)c3)n2)CC1. The number of nitrogens with one attached hydrogen (secondary N) is 1. The largest absolute Gasteiger partial charge is 0.478 e. The molecule has 264 valence electrons. The van der Waals surface area contributed by atoms with E-state index in [-0.39, 0.29) is 34.1 Å². The first-order valence-electron chi connectivity index (χ1n) is 15.2. The molecule has 3 aromatic heterocycles. The van der Waals surface area contributed by atoms with E-state index in [0.29, 0.717) is 36.8 Å². The minimum atomic E-state index is -4.77. The van der Waals surface area contributed by atoms with Gasteiger partial charge in [-0.05, 0) is 64.2 Å². The quantitative estimate of drug-likeness (QED) is 0.264. The lowest BCUT2D eigenvalue weighted by molar-refractivity contribution is -0.119. The van der Waals surface area contributed by atoms with E-state index in [1.807, 2.05) is 7.05 Å². The summed E-state index contributed by atoms with van der Waals surface area (Å²) in [7, 11) is 1.93. The minimum absolute atomic E-state index is 0.0390. The number of carbonyl (C=O) groups excluding carboxylic acids is 3. The molecule has 18 heteroatoms. The van der Waals surface area contributed by atoms with Crippen LogP contribution in [0.4, 0.5) is 29.5 Å². The number of hydrogen-bond donors (Lipinski definition) is 2. The Kier molecular flexibility index (Phi) is 9.94. The number of carbonyl (C=O) groups is 4. The van der Waals surface area contributed by atoms with E-state index in [9.17, 15) is 37.5 Å². The van der Waals surface area contributed by atoms with Crippen molar-refractivity contribution in [1.82, 2.24) is 29.5 Å². The van der Waals surface area contributed by atoms with E-state index in [1.54, 1.807) is 4.90 Å². The van der Waals surface area contributed by atoms with Crippen LogP contribution in [0.25, 0.3) is 17.1 Å². The fraction of sp³-hybridized carbons (Fsp3) is 0.344. The second kappa shape index (κ2) is 14.0. The van der Waals surface area contributed by atoms with E-state index in [1.165, 1.54) is 62.0 Å². The molecule has 1 fully saturated rings. The van der Waals surface area contributed by atoms with Gasteiger partial charge in [0.2, 0.25) is 5.89 Å². The second-order valence-corrected chi connectivity index (χ2v) is 12.4. The lowest BCUT2D eigenvalue weighted by Gasteiger charge is -2.32. The number of rotatable bonds is 8. The molecule has 4 aromatic rings. The van der Waals surface area contributed by atoms with Gasteiger partial charge in [-0.25, -0.2) is 24.2 Å². The van der Waals surface area contributed by atoms with Crippen molar-refractivity contribution < 1.29 is 46.6 Å². The van der Waals surface area contributed by atoms with E-state index in [2.05, 4.69) is 25.3 Å². The van der Waals surface area contributed by atoms with E-state index in [0.717, 1.165) is 18.5 Å². The molecule has 50 heavy (non-hydrogen) atoms. The van der Waals surface area contributed by atoms with E-state index < -0.39 is 48.0 Å². The molecular weight excluding hydrogens is 665 g/mol. The summed E-state index contributed by atoms with van der Waals surface area (Å²) in [6.45, 7) is 4.97. The van der Waals surface area contributed by atoms with Gasteiger partial charge in [-0.15, -0.1) is 0 Å². The molecule has 1 aromatic carbocycles. The van der Waals surface area contributed by atoms with Gasteiger partial charge in [0.25, 0.3) is 11.8 Å². The number of likely N-dealkylation sites (N-methyl/N-ethyl adjacent to an activating group) is 1. The number of ether oxygens (including phenoxy) is 1. The minimum Gasteiger partial charge on any atom is -0.478 e. The lowest BCUT2D eigenvalue weighted by Crippen LogP contribution is -2.47. The van der Waals surface area contributed by atoms with Gasteiger partial charge in [-0.1, -0.05) is 0 Å². The first-order chi connectivity index (χ1) is 23.5. The Hall–Kier alpha value is -5.78. The number of alkyl halides is 3. The number of anilines is 2. The summed E-state index contributed by atoms with van der Waals surface area (Å²) in [6, 6.07) is 8.24. The third kappa shape index (κ3) is 8.62. The highest BCUT2D eigenvalue weighted by atomic mass is 19.4. The summed E-state index contributed by atoms with van der Waals surface area (Å²) in [5.74, 6) is -2.91. The van der Waals surface area contributed by atoms with Gasteiger partial charge in [-0.3, -0.25) is 14.5 Å². The Morgan fingerprint density at radius 2 is 1.72 bits per heavy atom. The second-order valence-electron chi connectivity index (χ2n) is 12.4. The van der Waals surface area contributed by atoms with Gasteiger partial charge in [-0.2, -0.15) is 18.3 Å². The highest BCUT2D eigenvalue weighted by Crippen LogP contribution is 2.28. The highest BCUT2D eigenvalue weighted by Gasteiger charge is 2.37. The average molecular weight is 699 g/mol. The highest BCUT2D eigenvalue weighted by molar-refractivity contribution is 6.07. The molecule has 4 heterocycles. The van der Waals surface area contributed by atoms with Crippen LogP contribution in [0.15, 0.2) is 59.5 Å². The molecule has 0 radical (unpaired) electrons. The topological polar surface area (TPSA) is 176 Å². The maximum absolute atomic E-state index is 13.6. The number of amides is 3. The van der Waals surface area contributed by atoms with Crippen LogP contribution in [0.1, 0.15) is 52.1 Å². The summed E-state index contributed by atoms with van der Waals surface area (Å²) < 4.78 is 52.2. The monoisotopic (exact) mass is 698 g/mol. The van der Waals surface area contributed by atoms with Crippen molar-refractivity contribution in [2.24, 2.45) is 0 Å². The number of halogens is 3. The third-order valence-corrected chi connectivity index (χ3v) is 7.29. The van der Waals surface area contributed by atoms with Crippen LogP contribution in [0.3, 0.4) is 0 Å². The van der Waals surface area contributed by atoms with Crippen molar-refractivity contribution >= 4 is 35.4 Å². The van der Waals surface area contributed by atoms with Crippen LogP contribution in [-0.2, 0) is 4.74 Å². The van der Waals surface area contributed by atoms with E-state index >= 15 is 0 Å². The van der Waals surface area contributed by atoms with E-state index in [4.69, 9.17) is 9.15 Å². The maximum Gasteiger partial charge on any atom is 0.416 e. The molecular formula is C32H33F3N8O7. The number of carboxylic acids is 1. The predicted octanol–water partition coefficient (Wildman–Crippen LogP) is 4.56. The maximum atomic E-state index is 13.6. The number of oxazole rings is 1. The van der Waals surface area contributed by atoms with Crippen LogP contribution >= 0.6 is 0 Å². The predicted molar refractivity (Wildman–Crippen MR) is 171 cm³/mol. The number of aromatic nitrogens is 4. The molecule has 0 atom stereocenters. The zero-order valence-electron chi connectivity index (χ0n) is 27.4. The average Bonchev–Trinajstić information content (AvgIpc) is 3.71. The summed E-state index contributed by atoms with van der Waals surface area (Å²) in [5.41, 5.74) is -0.783. The van der Waals surface area contributed by atoms with Gasteiger partial charge in [0.15, 0.2) is 11.4 Å². The van der Waals surface area contributed by atoms with Crippen molar-refractivity contribution in [1.29, 1.82) is 0 Å². The van der Waals surface area contributed by atoms with Crippen molar-refractivity contribution in [2.45, 2.75) is 32.5 Å². The fourth-order valence-electron chi connectivity index (χ4n) is 4.80. The van der Waals surface area contributed by atoms with Crippen LogP contribution in [0.2, 0.25) is 0 Å². The van der Waals surface area contributed by atoms with Crippen LogP contribution in [0.5, 0.6) is 0 Å². The summed E-state index contributed by atoms with van der Waals surface area (Å²) in [6.07, 6.45) is -2.48. The van der Waals surface area contributed by atoms with Crippen molar-refractivity contribution in [3.05, 3.63) is 72.0 Å². The van der Waals surface area contributed by atoms with Gasteiger partial charge in [0.05, 0.1) is 23.1 Å². The van der Waals surface area contributed by atoms with Crippen LogP contribution in [-0.4, -0.2) is 110 Å². The zero-order valence-corrected chi connectivity index (χ0v) is 27.4. The lowest BCUT2D eigenvalue weighted by atomic mass is 10.2. The summed E-state index contributed by atoms with van der Waals surface area (Å²) in [5, 5.41) is 16.3. The molecule has 1 aliphatic heterocycles. The summed E-state index contributed by atoms with van der Waals surface area (Å²) >= 11 is 0. The Balaban J connectivity index is 1.41. The summed E-state index contributed by atoms with van der Waals surface area (Å²) in [4.78, 5) is 63.0. The van der Waals surface area contributed by atoms with Crippen molar-refractivity contribution in [2.75, 3.05) is 50.0 Å². The molecule has 1 saturated heterocycles. The first-order valence-corrected chi connectivity index (χ1v) is 15.2. The Labute approximate surface area is 283 Å². The molecule has 5 rings (SSSR count). The molecule has 3 amide bonds. The normalized spacial score (nSPS) is 13.9. The zero-order chi connectivity index (χ0) is 36.4. The van der Waals surface area contributed by atoms with Crippen LogP contribution in [0, 0.1) is 0 Å². The molecule has 0 saturated carbocycles. The number of pyridine rings is 1. The van der Waals surface area contributed by atoms with Crippen LogP contribution < -0.4 is 10.2 Å². The van der Waals surface area contributed by atoms with Crippen molar-refractivity contribution in [3.63, 3.8) is 0 Å². The van der Waals surface area contributed by atoms with Gasteiger partial charge in [0, 0.05) is 37.9 Å². The molecule has 0 spiro atoms. The third-order valence-electron chi connectivity index (χ3n) is 7.29. The van der Waals surface area contributed by atoms with Gasteiger partial charge < -0.3 is 29.4 Å². The molecule has 1 aliphatic rings. The Bertz CT molecular complexity index is 1890. The molecule has 0 unspecified atom stereocenters. The fourth-order valence-corrected chi connectivity index (χ4v) is 4.80. The number of piperazine rings is 1. The molecule has 0 bridgehead atoms. The molecule has 0 aliphatic carbocycles. The first kappa shape index (κ1) is 35.5. The Morgan fingerprint density at radius 1 is 1.04 bits per heavy atom. The number of nitrogens with zero attached hydrogens (tertiary/aromatic N) is 7. The van der Waals surface area contributed by atoms with Gasteiger partial charge >= 0.3 is 18.2 Å². The Morgan fingerprint density at radius 3 is 2.34 bits per heavy atom. The number of aromatic carboxylic acids is 1. The smallest absolute Gasteiger partial charge is 0.416 e. The number of hydrogen-bond acceptors (Lipinski definition) is 10. The molecule has 15 nitrogen and oxygen atoms in total. The van der Waals surface area contributed by atoms with Crippen molar-refractivity contribution in [3.8, 4) is 17.1 Å².